The van der Waals surface area contributed by atoms with Crippen molar-refractivity contribution < 1.29 is 25.9 Å². The topological polar surface area (TPSA) is 135 Å². The molecule has 5 aromatic rings. The molecule has 2 N–H and O–H groups in total. The van der Waals surface area contributed by atoms with Gasteiger partial charge < -0.3 is 0 Å². The Morgan fingerprint density at radius 3 is 1.14 bits per heavy atom. The second-order valence-electron chi connectivity index (χ2n) is 7.57. The van der Waals surface area contributed by atoms with Crippen molar-refractivity contribution in [2.24, 2.45) is 0 Å². The van der Waals surface area contributed by atoms with Crippen LogP contribution in [-0.2, 0) is 20.2 Å². The van der Waals surface area contributed by atoms with E-state index in [1.54, 1.807) is 36.7 Å². The van der Waals surface area contributed by atoms with Crippen molar-refractivity contribution in [2.45, 2.75) is 9.79 Å². The summed E-state index contributed by atoms with van der Waals surface area (Å²) in [5.74, 6) is 0. The third-order valence-electron chi connectivity index (χ3n) is 5.55. The number of fused-ring (bicyclic) bond motifs is 3. The van der Waals surface area contributed by atoms with Gasteiger partial charge in [0, 0.05) is 23.2 Å². The second kappa shape index (κ2) is 11.0. The van der Waals surface area contributed by atoms with Gasteiger partial charge in [-0.15, -0.1) is 0 Å². The van der Waals surface area contributed by atoms with Gasteiger partial charge in [-0.05, 0) is 58.7 Å². The minimum atomic E-state index is -4.28. The Hall–Kier alpha value is -1.70. The van der Waals surface area contributed by atoms with Gasteiger partial charge in [-0.25, -0.2) is 0 Å². The van der Waals surface area contributed by atoms with Crippen LogP contribution in [0.2, 0.25) is 0 Å². The number of rotatable bonds is 4. The Balaban J connectivity index is 0.00000180. The molecule has 0 fully saturated rings. The van der Waals surface area contributed by atoms with Crippen LogP contribution >= 0.6 is 0 Å². The zero-order chi connectivity index (χ0) is 24.1. The van der Waals surface area contributed by atoms with Gasteiger partial charge in [-0.1, -0.05) is 36.4 Å². The van der Waals surface area contributed by atoms with Crippen LogP contribution in [0, 0.1) is 0 Å². The van der Waals surface area contributed by atoms with Gasteiger partial charge in [-0.2, -0.15) is 16.8 Å². The molecule has 0 aliphatic carbocycles. The summed E-state index contributed by atoms with van der Waals surface area (Å²) >= 11 is 0. The van der Waals surface area contributed by atoms with Crippen molar-refractivity contribution in [3.63, 3.8) is 0 Å². The molecule has 8 nitrogen and oxygen atoms in total. The average molecular weight is 541 g/mol. The molecule has 0 unspecified atom stereocenters. The van der Waals surface area contributed by atoms with E-state index in [4.69, 9.17) is 0 Å². The summed E-state index contributed by atoms with van der Waals surface area (Å²) < 4.78 is 63.9. The summed E-state index contributed by atoms with van der Waals surface area (Å²) in [5.41, 5.74) is 4.42. The van der Waals surface area contributed by atoms with Crippen LogP contribution in [-0.4, -0.2) is 95.0 Å². The van der Waals surface area contributed by atoms with E-state index >= 15 is 0 Å². The Bertz CT molecular complexity index is 1660. The van der Waals surface area contributed by atoms with Crippen molar-refractivity contribution in [3.8, 4) is 22.3 Å². The summed E-state index contributed by atoms with van der Waals surface area (Å²) in [5, 5.41) is 1.61. The molecule has 0 saturated heterocycles. The third-order valence-corrected chi connectivity index (χ3v) is 7.28. The van der Waals surface area contributed by atoms with Gasteiger partial charge in [0.2, 0.25) is 0 Å². The molecule has 0 aliphatic rings. The van der Waals surface area contributed by atoms with Gasteiger partial charge >= 0.3 is 59.1 Å². The maximum atomic E-state index is 11.4. The predicted octanol–water partition coefficient (Wildman–Crippen LogP) is 3.31. The van der Waals surface area contributed by atoms with E-state index in [9.17, 15) is 25.9 Å². The number of benzene rings is 3. The zero-order valence-electron chi connectivity index (χ0n) is 17.3. The molecule has 12 heteroatoms. The molecule has 3 aromatic carbocycles. The van der Waals surface area contributed by atoms with Crippen molar-refractivity contribution in [1.82, 2.24) is 9.97 Å². The molecule has 36 heavy (non-hydrogen) atoms. The van der Waals surface area contributed by atoms with E-state index < -0.39 is 20.2 Å². The molecule has 0 radical (unpaired) electrons. The standard InChI is InChI=1S/C24H16N2O6S2.2Na.2H/c27-33(28,29)17-5-1-15(2-6-17)19-11-13-25-23-21(19)9-10-22-20(12-14-26-24(22)23)16-3-7-18(8-4-16)34(30,31)32;;;;/h1-14H,(H,27,28,29)(H,30,31,32);;;;. The first-order chi connectivity index (χ1) is 16.1. The van der Waals surface area contributed by atoms with Crippen LogP contribution in [0.5, 0.6) is 0 Å². The number of aromatic nitrogens is 2. The quantitative estimate of drug-likeness (QED) is 0.201. The summed E-state index contributed by atoms with van der Waals surface area (Å²) in [7, 11) is -8.57. The normalized spacial score (nSPS) is 11.6. The van der Waals surface area contributed by atoms with Gasteiger partial charge in [0.25, 0.3) is 20.2 Å². The zero-order valence-corrected chi connectivity index (χ0v) is 19.0. The molecule has 0 amide bonds. The first kappa shape index (κ1) is 28.9. The van der Waals surface area contributed by atoms with Crippen molar-refractivity contribution in [2.75, 3.05) is 0 Å². The van der Waals surface area contributed by atoms with E-state index in [1.165, 1.54) is 24.3 Å². The maximum absolute atomic E-state index is 11.4. The Morgan fingerprint density at radius 2 is 0.833 bits per heavy atom. The van der Waals surface area contributed by atoms with Crippen molar-refractivity contribution >= 4 is 101 Å². The van der Waals surface area contributed by atoms with Crippen LogP contribution in [0.1, 0.15) is 0 Å². The fourth-order valence-corrected chi connectivity index (χ4v) is 4.90. The van der Waals surface area contributed by atoms with E-state index in [-0.39, 0.29) is 68.9 Å². The van der Waals surface area contributed by atoms with Crippen LogP contribution in [0.15, 0.2) is 95.0 Å². The van der Waals surface area contributed by atoms with Crippen molar-refractivity contribution in [3.05, 3.63) is 85.2 Å². The van der Waals surface area contributed by atoms with E-state index in [2.05, 4.69) is 9.97 Å². The second-order valence-corrected chi connectivity index (χ2v) is 10.4. The number of hydrogen-bond acceptors (Lipinski definition) is 6. The van der Waals surface area contributed by atoms with Crippen LogP contribution in [0.25, 0.3) is 44.1 Å². The van der Waals surface area contributed by atoms with E-state index in [0.29, 0.717) is 11.0 Å². The van der Waals surface area contributed by atoms with Gasteiger partial charge in [0.15, 0.2) is 0 Å². The Kier molecular flexibility index (Phi) is 8.79. The van der Waals surface area contributed by atoms with Crippen LogP contribution < -0.4 is 0 Å². The summed E-state index contributed by atoms with van der Waals surface area (Å²) in [4.78, 5) is 8.67. The monoisotopic (exact) mass is 540 g/mol. The predicted molar refractivity (Wildman–Crippen MR) is 142 cm³/mol. The molecule has 0 saturated carbocycles. The average Bonchev–Trinajstić information content (AvgIpc) is 2.82. The molecule has 5 rings (SSSR count). The fourth-order valence-electron chi connectivity index (χ4n) is 3.94. The fraction of sp³-hybridized carbons (Fsp3) is 0. The van der Waals surface area contributed by atoms with Crippen molar-refractivity contribution in [1.29, 1.82) is 0 Å². The van der Waals surface area contributed by atoms with Gasteiger partial charge in [-0.3, -0.25) is 19.1 Å². The summed E-state index contributed by atoms with van der Waals surface area (Å²) in [6.45, 7) is 0. The van der Waals surface area contributed by atoms with Crippen LogP contribution in [0.3, 0.4) is 0 Å². The molecular weight excluding hydrogens is 522 g/mol. The van der Waals surface area contributed by atoms with Gasteiger partial charge in [0.05, 0.1) is 20.8 Å². The molecular formula is C24H18N2Na2O6S2. The molecule has 0 bridgehead atoms. The SMILES string of the molecule is O=S(=O)(O)c1ccc(-c2ccnc3c2ccc2c(-c4ccc(S(=O)(=O)O)cc4)ccnc23)cc1.[NaH].[NaH]. The van der Waals surface area contributed by atoms with Crippen LogP contribution in [0.4, 0.5) is 0 Å². The molecule has 2 aromatic heterocycles. The molecule has 0 atom stereocenters. The van der Waals surface area contributed by atoms with E-state index in [0.717, 1.165) is 33.0 Å². The number of nitrogens with zero attached hydrogens (tertiary/aromatic N) is 2. The molecule has 2 heterocycles. The first-order valence-corrected chi connectivity index (χ1v) is 12.8. The number of pyridine rings is 2. The molecule has 0 spiro atoms. The minimum absolute atomic E-state index is 0. The summed E-state index contributed by atoms with van der Waals surface area (Å²) in [6.07, 6.45) is 3.28. The van der Waals surface area contributed by atoms with E-state index in [1.807, 2.05) is 24.3 Å². The first-order valence-electron chi connectivity index (χ1n) is 9.95. The molecule has 174 valence electrons. The third kappa shape index (κ3) is 5.58. The Morgan fingerprint density at radius 1 is 0.500 bits per heavy atom. The Labute approximate surface area is 251 Å². The number of hydrogen-bond donors (Lipinski definition) is 2. The summed E-state index contributed by atoms with van der Waals surface area (Å²) in [6, 6.07) is 19.2. The van der Waals surface area contributed by atoms with Gasteiger partial charge in [0.1, 0.15) is 0 Å². The molecule has 0 aliphatic heterocycles.